The Morgan fingerprint density at radius 2 is 1.38 bits per heavy atom. The van der Waals surface area contributed by atoms with Crippen LogP contribution in [0.25, 0.3) is 22.3 Å². The first-order valence-electron chi connectivity index (χ1n) is 14.2. The van der Waals surface area contributed by atoms with E-state index in [-0.39, 0.29) is 16.7 Å². The molecule has 0 unspecified atom stereocenters. The van der Waals surface area contributed by atoms with E-state index in [1.54, 1.807) is 0 Å². The van der Waals surface area contributed by atoms with Gasteiger partial charge in [-0.25, -0.2) is 9.97 Å². The molecular formula is C36H29N3. The summed E-state index contributed by atoms with van der Waals surface area (Å²) >= 11 is 0. The van der Waals surface area contributed by atoms with Crippen molar-refractivity contribution in [2.45, 2.75) is 35.3 Å². The van der Waals surface area contributed by atoms with E-state index < -0.39 is 5.54 Å². The van der Waals surface area contributed by atoms with Crippen LogP contribution >= 0.6 is 0 Å². The summed E-state index contributed by atoms with van der Waals surface area (Å²) in [4.78, 5) is 13.8. The molecule has 0 N–H and O–H groups in total. The SMILES string of the molecule is C=C[C@H]1[C@]2(c3ccccc3)[C@@H]3CCCN3[C@]3(c4ccccc4-c4nc5ccccc5nc43)[C@]12c1ccccc1. The highest BCUT2D eigenvalue weighted by Gasteiger charge is 2.93. The number of hydrogen-bond acceptors (Lipinski definition) is 3. The number of hydrogen-bond donors (Lipinski definition) is 0. The number of aromatic nitrogens is 2. The average Bonchev–Trinajstić information content (AvgIpc) is 3.26. The van der Waals surface area contributed by atoms with Gasteiger partial charge in [0.25, 0.3) is 0 Å². The van der Waals surface area contributed by atoms with Crippen molar-refractivity contribution in [2.24, 2.45) is 5.92 Å². The summed E-state index contributed by atoms with van der Waals surface area (Å²) in [5.74, 6) is 0.265. The number of nitrogens with zero attached hydrogens (tertiary/aromatic N) is 3. The highest BCUT2D eigenvalue weighted by molar-refractivity contribution is 5.87. The molecule has 0 bridgehead atoms. The molecule has 1 aromatic heterocycles. The average molecular weight is 504 g/mol. The Morgan fingerprint density at radius 1 is 0.744 bits per heavy atom. The van der Waals surface area contributed by atoms with E-state index in [2.05, 4.69) is 127 Å². The largest absolute Gasteiger partial charge is 0.284 e. The predicted molar refractivity (Wildman–Crippen MR) is 155 cm³/mol. The molecular weight excluding hydrogens is 474 g/mol. The van der Waals surface area contributed by atoms with Gasteiger partial charge in [-0.2, -0.15) is 0 Å². The topological polar surface area (TPSA) is 29.0 Å². The fourth-order valence-corrected chi connectivity index (χ4v) is 9.66. The van der Waals surface area contributed by atoms with Crippen LogP contribution in [0.1, 0.15) is 35.2 Å². The predicted octanol–water partition coefficient (Wildman–Crippen LogP) is 7.02. The van der Waals surface area contributed by atoms with Crippen LogP contribution in [0, 0.1) is 5.92 Å². The third-order valence-corrected chi connectivity index (χ3v) is 10.5. The van der Waals surface area contributed by atoms with Gasteiger partial charge < -0.3 is 0 Å². The van der Waals surface area contributed by atoms with Crippen molar-refractivity contribution in [3.05, 3.63) is 144 Å². The molecule has 4 aromatic carbocycles. The Morgan fingerprint density at radius 3 is 2.13 bits per heavy atom. The molecule has 1 spiro atoms. The fraction of sp³-hybridized carbons (Fsp3) is 0.222. The van der Waals surface area contributed by atoms with Gasteiger partial charge >= 0.3 is 0 Å². The quantitative estimate of drug-likeness (QED) is 0.248. The minimum Gasteiger partial charge on any atom is -0.284 e. The van der Waals surface area contributed by atoms with Crippen molar-refractivity contribution in [1.29, 1.82) is 0 Å². The minimum atomic E-state index is -0.437. The third-order valence-electron chi connectivity index (χ3n) is 10.5. The number of piperidine rings is 1. The summed E-state index contributed by atoms with van der Waals surface area (Å²) in [6.07, 6.45) is 4.63. The van der Waals surface area contributed by atoms with Crippen molar-refractivity contribution in [2.75, 3.05) is 6.54 Å². The maximum Gasteiger partial charge on any atom is 0.103 e. The number of para-hydroxylation sites is 2. The second-order valence-corrected chi connectivity index (χ2v) is 11.6. The van der Waals surface area contributed by atoms with Crippen LogP contribution in [0.2, 0.25) is 0 Å². The van der Waals surface area contributed by atoms with Crippen LogP contribution in [0.3, 0.4) is 0 Å². The first kappa shape index (κ1) is 21.8. The fourth-order valence-electron chi connectivity index (χ4n) is 9.66. The molecule has 3 heteroatoms. The van der Waals surface area contributed by atoms with Crippen molar-refractivity contribution < 1.29 is 0 Å². The highest BCUT2D eigenvalue weighted by atomic mass is 15.4. The molecule has 4 aliphatic rings. The Bertz CT molecular complexity index is 1800. The van der Waals surface area contributed by atoms with E-state index in [9.17, 15) is 0 Å². The lowest BCUT2D eigenvalue weighted by Gasteiger charge is -2.45. The molecule has 188 valence electrons. The van der Waals surface area contributed by atoms with E-state index in [4.69, 9.17) is 9.97 Å². The number of fused-ring (bicyclic) bond motifs is 11. The molecule has 2 saturated heterocycles. The lowest BCUT2D eigenvalue weighted by atomic mass is 9.67. The van der Waals surface area contributed by atoms with Gasteiger partial charge in [-0.1, -0.05) is 103 Å². The van der Waals surface area contributed by atoms with Crippen LogP contribution < -0.4 is 0 Å². The normalized spacial score (nSPS) is 31.6. The molecule has 2 aliphatic heterocycles. The zero-order chi connectivity index (χ0) is 25.8. The maximum absolute atomic E-state index is 5.57. The lowest BCUT2D eigenvalue weighted by molar-refractivity contribution is 0.109. The second-order valence-electron chi connectivity index (χ2n) is 11.6. The third kappa shape index (κ3) is 2.18. The summed E-state index contributed by atoms with van der Waals surface area (Å²) in [6, 6.07) is 40.3. The minimum absolute atomic E-state index is 0.101. The van der Waals surface area contributed by atoms with Crippen LogP contribution in [-0.4, -0.2) is 27.5 Å². The van der Waals surface area contributed by atoms with Crippen LogP contribution in [0.15, 0.2) is 122 Å². The van der Waals surface area contributed by atoms with E-state index in [0.717, 1.165) is 29.0 Å². The summed E-state index contributed by atoms with van der Waals surface area (Å²) < 4.78 is 0. The zero-order valence-corrected chi connectivity index (χ0v) is 21.8. The van der Waals surface area contributed by atoms with Gasteiger partial charge in [0, 0.05) is 28.4 Å². The van der Waals surface area contributed by atoms with Crippen molar-refractivity contribution in [3.63, 3.8) is 0 Å². The van der Waals surface area contributed by atoms with E-state index in [1.165, 1.54) is 35.1 Å². The van der Waals surface area contributed by atoms with Crippen LogP contribution in [0.5, 0.6) is 0 Å². The van der Waals surface area contributed by atoms with Gasteiger partial charge in [0.2, 0.25) is 0 Å². The lowest BCUT2D eigenvalue weighted by Crippen LogP contribution is -2.52. The summed E-state index contributed by atoms with van der Waals surface area (Å²) in [6.45, 7) is 5.58. The molecule has 3 fully saturated rings. The van der Waals surface area contributed by atoms with Crippen molar-refractivity contribution >= 4 is 11.0 Å². The molecule has 5 atom stereocenters. The van der Waals surface area contributed by atoms with Crippen LogP contribution in [-0.2, 0) is 16.4 Å². The van der Waals surface area contributed by atoms with Gasteiger partial charge in [-0.3, -0.25) is 4.90 Å². The smallest absolute Gasteiger partial charge is 0.103 e. The van der Waals surface area contributed by atoms with Crippen molar-refractivity contribution in [1.82, 2.24) is 14.9 Å². The first-order chi connectivity index (χ1) is 19.3. The molecule has 5 aromatic rings. The van der Waals surface area contributed by atoms with Gasteiger partial charge in [0.15, 0.2) is 0 Å². The Hall–Kier alpha value is -4.08. The maximum atomic E-state index is 5.57. The first-order valence-corrected chi connectivity index (χ1v) is 14.2. The molecule has 2 aliphatic carbocycles. The zero-order valence-electron chi connectivity index (χ0n) is 21.8. The van der Waals surface area contributed by atoms with E-state index in [0.29, 0.717) is 6.04 Å². The number of rotatable bonds is 3. The molecule has 1 saturated carbocycles. The Kier molecular flexibility index (Phi) is 4.09. The second kappa shape index (κ2) is 7.31. The molecule has 0 amide bonds. The molecule has 3 heterocycles. The number of allylic oxidation sites excluding steroid dienone is 1. The van der Waals surface area contributed by atoms with Crippen LogP contribution in [0.4, 0.5) is 0 Å². The van der Waals surface area contributed by atoms with Gasteiger partial charge in [0.05, 0.1) is 22.4 Å². The molecule has 39 heavy (non-hydrogen) atoms. The summed E-state index contributed by atoms with van der Waals surface area (Å²) in [5, 5.41) is 0. The standard InChI is InChI=1S/C36H29N3/c1-2-30-34(24-14-5-3-6-15-24)31-22-13-23-39(31)36(35(30,34)25-16-7-4-8-17-25)27-19-10-9-18-26(27)32-33(36)38-29-21-12-11-20-28(29)37-32/h2-12,14-21,30-31H,1,13,22-23H2/t30-,31-,34+,35+,36-/m0/s1. The Labute approximate surface area is 228 Å². The highest BCUT2D eigenvalue weighted by Crippen LogP contribution is 2.87. The van der Waals surface area contributed by atoms with E-state index >= 15 is 0 Å². The van der Waals surface area contributed by atoms with E-state index in [1.807, 2.05) is 0 Å². The Balaban J connectivity index is 1.50. The molecule has 0 radical (unpaired) electrons. The molecule has 9 rings (SSSR count). The van der Waals surface area contributed by atoms with Gasteiger partial charge in [0.1, 0.15) is 5.54 Å². The monoisotopic (exact) mass is 503 g/mol. The number of benzene rings is 4. The summed E-state index contributed by atoms with van der Waals surface area (Å²) in [7, 11) is 0. The van der Waals surface area contributed by atoms with Gasteiger partial charge in [-0.05, 0) is 48.2 Å². The molecule has 3 nitrogen and oxygen atoms in total. The summed E-state index contributed by atoms with van der Waals surface area (Å²) in [5.41, 5.74) is 8.69. The van der Waals surface area contributed by atoms with Gasteiger partial charge in [-0.15, -0.1) is 6.58 Å². The van der Waals surface area contributed by atoms with Crippen molar-refractivity contribution in [3.8, 4) is 11.3 Å².